The number of fused-ring (bicyclic) bond motifs is 2. The van der Waals surface area contributed by atoms with E-state index in [0.29, 0.717) is 79.5 Å². The Hall–Kier alpha value is -4.00. The van der Waals surface area contributed by atoms with E-state index in [9.17, 15) is 33.4 Å². The number of hydrogen-bond donors (Lipinski definition) is 3. The van der Waals surface area contributed by atoms with E-state index >= 15 is 0 Å². The summed E-state index contributed by atoms with van der Waals surface area (Å²) in [5.41, 5.74) is 7.09. The SMILES string of the molecule is COc1c(C)c2c(c(O)c1C/C=C(\C)CCC(=O)CCP(=O)(O)O)C(=O)OC2.COc1c(C)c2c(c(OCC[Si](C)(C)C)c1C/C=C(\C)CCC(=O)CCP(C)(C)=O)C(=O)OC2. The highest BCUT2D eigenvalue weighted by molar-refractivity contribution is 7.62. The maximum Gasteiger partial charge on any atom is 0.342 e. The van der Waals surface area contributed by atoms with Crippen molar-refractivity contribution in [2.45, 2.75) is 118 Å². The molecule has 2 aromatic rings. The van der Waals surface area contributed by atoms with E-state index in [0.717, 1.165) is 45.2 Å². The monoisotopic (exact) mass is 920 g/mol. The number of rotatable bonds is 22. The quantitative estimate of drug-likeness (QED) is 0.0436. The van der Waals surface area contributed by atoms with Gasteiger partial charge in [0, 0.05) is 62.2 Å². The lowest BCUT2D eigenvalue weighted by atomic mass is 9.94. The van der Waals surface area contributed by atoms with Gasteiger partial charge in [-0.15, -0.1) is 0 Å². The first-order valence-corrected chi connectivity index (χ1v) is 29.1. The number of phenolic OH excluding ortho intramolecular Hbond substituents is 1. The van der Waals surface area contributed by atoms with Crippen LogP contribution in [-0.2, 0) is 54.2 Å². The molecule has 62 heavy (non-hydrogen) atoms. The lowest BCUT2D eigenvalue weighted by Gasteiger charge is -2.21. The molecule has 2 aromatic carbocycles. The van der Waals surface area contributed by atoms with Crippen LogP contribution >= 0.6 is 14.7 Å². The van der Waals surface area contributed by atoms with Crippen molar-refractivity contribution in [2.75, 3.05) is 46.5 Å². The minimum absolute atomic E-state index is 0.107. The molecule has 0 spiro atoms. The van der Waals surface area contributed by atoms with Gasteiger partial charge in [-0.05, 0) is 83.9 Å². The van der Waals surface area contributed by atoms with Gasteiger partial charge in [-0.25, -0.2) is 9.59 Å². The Morgan fingerprint density at radius 3 is 1.63 bits per heavy atom. The van der Waals surface area contributed by atoms with E-state index < -0.39 is 34.9 Å². The first-order chi connectivity index (χ1) is 28.8. The van der Waals surface area contributed by atoms with E-state index in [2.05, 4.69) is 25.7 Å². The van der Waals surface area contributed by atoms with E-state index in [4.69, 9.17) is 33.5 Å². The summed E-state index contributed by atoms with van der Waals surface area (Å²) in [7, 11) is -4.52. The number of ketones is 2. The Bertz CT molecular complexity index is 2170. The molecule has 0 atom stereocenters. The van der Waals surface area contributed by atoms with Gasteiger partial charge in [-0.3, -0.25) is 14.2 Å². The summed E-state index contributed by atoms with van der Waals surface area (Å²) in [6, 6.07) is 0.978. The second kappa shape index (κ2) is 22.6. The molecular formula is C45H66O14P2Si. The summed E-state index contributed by atoms with van der Waals surface area (Å²) in [6.07, 6.45) is 6.70. The zero-order chi connectivity index (χ0) is 46.7. The fourth-order valence-electron chi connectivity index (χ4n) is 7.00. The molecule has 0 amide bonds. The van der Waals surface area contributed by atoms with Crippen LogP contribution in [0.3, 0.4) is 0 Å². The molecule has 0 fully saturated rings. The molecule has 4 rings (SSSR count). The van der Waals surface area contributed by atoms with Gasteiger partial charge in [0.1, 0.15) is 58.9 Å². The van der Waals surface area contributed by atoms with Crippen LogP contribution in [0.25, 0.3) is 0 Å². The van der Waals surface area contributed by atoms with Gasteiger partial charge in [-0.2, -0.15) is 0 Å². The second-order valence-corrected chi connectivity index (χ2v) is 28.7. The minimum atomic E-state index is -4.17. The van der Waals surface area contributed by atoms with Crippen LogP contribution in [0.1, 0.15) is 106 Å². The van der Waals surface area contributed by atoms with Gasteiger partial charge in [0.25, 0.3) is 0 Å². The number of phenols is 1. The van der Waals surface area contributed by atoms with E-state index in [1.165, 1.54) is 7.11 Å². The van der Waals surface area contributed by atoms with Crippen molar-refractivity contribution >= 4 is 46.3 Å². The highest BCUT2D eigenvalue weighted by atomic mass is 31.2. The second-order valence-electron chi connectivity index (χ2n) is 17.7. The fourth-order valence-corrected chi connectivity index (χ4v) is 9.04. The Morgan fingerprint density at radius 2 is 1.16 bits per heavy atom. The number of esters is 2. The van der Waals surface area contributed by atoms with Crippen LogP contribution in [0.2, 0.25) is 25.7 Å². The molecule has 2 aliphatic heterocycles. The molecule has 17 heteroatoms. The minimum Gasteiger partial charge on any atom is -0.507 e. The topological polar surface area (TPSA) is 209 Å². The first-order valence-electron chi connectivity index (χ1n) is 20.8. The molecule has 0 saturated carbocycles. The Labute approximate surface area is 367 Å². The normalized spacial score (nSPS) is 14.1. The van der Waals surface area contributed by atoms with Crippen LogP contribution in [0.15, 0.2) is 23.3 Å². The zero-order valence-corrected chi connectivity index (χ0v) is 41.1. The summed E-state index contributed by atoms with van der Waals surface area (Å²) < 4.78 is 50.5. The first kappa shape index (κ1) is 52.3. The van der Waals surface area contributed by atoms with Crippen molar-refractivity contribution in [1.29, 1.82) is 0 Å². The van der Waals surface area contributed by atoms with Gasteiger partial charge in [-0.1, -0.05) is 42.9 Å². The molecule has 0 radical (unpaired) electrons. The average Bonchev–Trinajstić information content (AvgIpc) is 3.77. The molecule has 0 unspecified atom stereocenters. The third-order valence-corrected chi connectivity index (χ3v) is 14.7. The predicted molar refractivity (Wildman–Crippen MR) is 243 cm³/mol. The van der Waals surface area contributed by atoms with Crippen LogP contribution in [0.5, 0.6) is 23.0 Å². The van der Waals surface area contributed by atoms with Crippen LogP contribution in [0.4, 0.5) is 0 Å². The molecule has 2 heterocycles. The standard InChI is InChI=1S/C26H41O6PSi.C19H25O8P/c1-18(9-11-20(27)13-15-33(4,5)29)10-12-21-24(30-3)19(2)22-17-32-26(28)23(22)25(21)31-14-16-34(6,7)8;1-11(4-6-13(20)8-9-28(23,24)25)5-7-14-17(21)16-15(10-27-19(16)22)12(2)18(14)26-3/h10H,9,11-17H2,1-8H3;5,21H,4,6-10H2,1-3H3,(H2,23,24,25)/b18-10+;11-5+. The predicted octanol–water partition coefficient (Wildman–Crippen LogP) is 9.03. The number of carbonyl (C=O) groups is 4. The van der Waals surface area contributed by atoms with Gasteiger partial charge < -0.3 is 43.1 Å². The Morgan fingerprint density at radius 1 is 0.710 bits per heavy atom. The smallest absolute Gasteiger partial charge is 0.342 e. The summed E-state index contributed by atoms with van der Waals surface area (Å²) in [5.74, 6) is 0.657. The molecule has 2 aliphatic rings. The van der Waals surface area contributed by atoms with Crippen molar-refractivity contribution in [3.05, 3.63) is 67.8 Å². The maximum atomic E-state index is 12.6. The Kier molecular flexibility index (Phi) is 19.0. The lowest BCUT2D eigenvalue weighted by Crippen LogP contribution is -2.23. The summed E-state index contributed by atoms with van der Waals surface area (Å²) in [4.78, 5) is 66.1. The fraction of sp³-hybridized carbons (Fsp3) is 0.556. The molecular weight excluding hydrogens is 855 g/mol. The number of hydrogen-bond acceptors (Lipinski definition) is 12. The third-order valence-electron chi connectivity index (χ3n) is 10.9. The summed E-state index contributed by atoms with van der Waals surface area (Å²) in [5, 5.41) is 10.6. The number of carbonyl (C=O) groups excluding carboxylic acids is 4. The highest BCUT2D eigenvalue weighted by Crippen LogP contribution is 2.44. The van der Waals surface area contributed by atoms with Crippen molar-refractivity contribution in [2.24, 2.45) is 0 Å². The van der Waals surface area contributed by atoms with Gasteiger partial charge in [0.15, 0.2) is 0 Å². The van der Waals surface area contributed by atoms with Crippen molar-refractivity contribution in [3.8, 4) is 23.0 Å². The summed E-state index contributed by atoms with van der Waals surface area (Å²) >= 11 is 0. The molecule has 3 N–H and O–H groups in total. The zero-order valence-electron chi connectivity index (χ0n) is 38.3. The number of methoxy groups -OCH3 is 2. The maximum absolute atomic E-state index is 12.6. The third kappa shape index (κ3) is 15.4. The largest absolute Gasteiger partial charge is 0.507 e. The van der Waals surface area contributed by atoms with Crippen LogP contribution in [0, 0.1) is 13.8 Å². The van der Waals surface area contributed by atoms with Gasteiger partial charge in [0.2, 0.25) is 0 Å². The van der Waals surface area contributed by atoms with E-state index in [1.807, 2.05) is 26.8 Å². The Balaban J connectivity index is 0.000000336. The highest BCUT2D eigenvalue weighted by Gasteiger charge is 2.34. The van der Waals surface area contributed by atoms with Crippen LogP contribution < -0.4 is 14.2 Å². The lowest BCUT2D eigenvalue weighted by molar-refractivity contribution is -0.119. The van der Waals surface area contributed by atoms with Gasteiger partial charge >= 0.3 is 19.5 Å². The average molecular weight is 921 g/mol. The number of cyclic esters (lactones) is 2. The molecule has 0 aromatic heterocycles. The number of benzene rings is 2. The number of ether oxygens (including phenoxy) is 5. The van der Waals surface area contributed by atoms with Crippen LogP contribution in [-0.4, -0.2) is 93.0 Å². The molecule has 0 bridgehead atoms. The van der Waals surface area contributed by atoms with Crippen molar-refractivity contribution < 1.29 is 66.9 Å². The molecule has 0 saturated heterocycles. The molecule has 0 aliphatic carbocycles. The van der Waals surface area contributed by atoms with E-state index in [-0.39, 0.29) is 54.9 Å². The number of aromatic hydroxyl groups is 1. The summed E-state index contributed by atoms with van der Waals surface area (Å²) in [6.45, 7) is 18.8. The number of allylic oxidation sites excluding steroid dienone is 4. The number of Topliss-reactive ketones (excluding diaryl/α,β-unsaturated/α-hetero) is 2. The van der Waals surface area contributed by atoms with Gasteiger partial charge in [0.05, 0.1) is 34.1 Å². The van der Waals surface area contributed by atoms with E-state index in [1.54, 1.807) is 27.4 Å². The molecule has 14 nitrogen and oxygen atoms in total. The molecule has 344 valence electrons. The van der Waals surface area contributed by atoms with Crippen molar-refractivity contribution in [1.82, 2.24) is 0 Å². The van der Waals surface area contributed by atoms with Crippen molar-refractivity contribution in [3.63, 3.8) is 0 Å².